The molecule has 1 aliphatic rings. The lowest BCUT2D eigenvalue weighted by molar-refractivity contribution is -0.128. The SMILES string of the molecule is COc1cccc(OCC(=O)NC(CN2C(=O)COC2=O)c2ccccc2)c1. The molecule has 1 heterocycles. The molecule has 0 radical (unpaired) electrons. The molecule has 1 N–H and O–H groups in total. The highest BCUT2D eigenvalue weighted by Gasteiger charge is 2.33. The number of amides is 3. The number of benzene rings is 2. The molecule has 146 valence electrons. The van der Waals surface area contributed by atoms with Crippen molar-refractivity contribution in [2.75, 3.05) is 26.9 Å². The molecule has 1 saturated heterocycles. The van der Waals surface area contributed by atoms with Crippen LogP contribution in [0.1, 0.15) is 11.6 Å². The topological polar surface area (TPSA) is 94.2 Å². The number of cyclic esters (lactones) is 1. The molecule has 1 fully saturated rings. The van der Waals surface area contributed by atoms with Gasteiger partial charge in [-0.05, 0) is 17.7 Å². The number of hydrogen-bond donors (Lipinski definition) is 1. The normalized spacial score (nSPS) is 14.4. The molecule has 1 unspecified atom stereocenters. The maximum absolute atomic E-state index is 12.4. The largest absolute Gasteiger partial charge is 0.497 e. The Morgan fingerprint density at radius 1 is 1.14 bits per heavy atom. The van der Waals surface area contributed by atoms with E-state index < -0.39 is 23.9 Å². The lowest BCUT2D eigenvalue weighted by Crippen LogP contribution is -2.41. The molecular weight excluding hydrogens is 364 g/mol. The van der Waals surface area contributed by atoms with E-state index in [4.69, 9.17) is 14.2 Å². The van der Waals surface area contributed by atoms with E-state index in [1.807, 2.05) is 18.2 Å². The first-order valence-electron chi connectivity index (χ1n) is 8.65. The maximum atomic E-state index is 12.4. The van der Waals surface area contributed by atoms with E-state index in [1.54, 1.807) is 43.5 Å². The highest BCUT2D eigenvalue weighted by atomic mass is 16.6. The zero-order chi connectivity index (χ0) is 19.9. The fourth-order valence-electron chi connectivity index (χ4n) is 2.74. The Bertz CT molecular complexity index is 839. The summed E-state index contributed by atoms with van der Waals surface area (Å²) in [5, 5.41) is 2.80. The van der Waals surface area contributed by atoms with Crippen LogP contribution in [0.3, 0.4) is 0 Å². The van der Waals surface area contributed by atoms with Gasteiger partial charge in [-0.15, -0.1) is 0 Å². The van der Waals surface area contributed by atoms with Gasteiger partial charge in [0.1, 0.15) is 11.5 Å². The Labute approximate surface area is 162 Å². The van der Waals surface area contributed by atoms with Crippen LogP contribution in [0.5, 0.6) is 11.5 Å². The summed E-state index contributed by atoms with van der Waals surface area (Å²) in [6.07, 6.45) is -0.715. The number of nitrogens with one attached hydrogen (secondary N) is 1. The molecule has 0 aliphatic carbocycles. The van der Waals surface area contributed by atoms with Crippen LogP contribution in [0.25, 0.3) is 0 Å². The van der Waals surface area contributed by atoms with Gasteiger partial charge in [0, 0.05) is 6.07 Å². The van der Waals surface area contributed by atoms with Crippen molar-refractivity contribution in [2.45, 2.75) is 6.04 Å². The van der Waals surface area contributed by atoms with E-state index in [1.165, 1.54) is 0 Å². The van der Waals surface area contributed by atoms with E-state index >= 15 is 0 Å². The van der Waals surface area contributed by atoms with Crippen molar-refractivity contribution in [1.29, 1.82) is 0 Å². The molecule has 1 atom stereocenters. The Balaban J connectivity index is 1.65. The predicted molar refractivity (Wildman–Crippen MR) is 98.9 cm³/mol. The monoisotopic (exact) mass is 384 g/mol. The van der Waals surface area contributed by atoms with Gasteiger partial charge in [-0.25, -0.2) is 9.69 Å². The van der Waals surface area contributed by atoms with E-state index in [-0.39, 0.29) is 19.8 Å². The van der Waals surface area contributed by atoms with Crippen LogP contribution in [0.2, 0.25) is 0 Å². The molecule has 1 aliphatic heterocycles. The van der Waals surface area contributed by atoms with Crippen molar-refractivity contribution in [3.63, 3.8) is 0 Å². The second kappa shape index (κ2) is 8.90. The van der Waals surface area contributed by atoms with Crippen LogP contribution in [0.15, 0.2) is 54.6 Å². The third-order valence-corrected chi connectivity index (χ3v) is 4.15. The first kappa shape index (κ1) is 19.2. The van der Waals surface area contributed by atoms with E-state index in [9.17, 15) is 14.4 Å². The zero-order valence-electron chi connectivity index (χ0n) is 15.3. The van der Waals surface area contributed by atoms with Crippen LogP contribution in [0, 0.1) is 0 Å². The Hall–Kier alpha value is -3.55. The van der Waals surface area contributed by atoms with E-state index in [0.29, 0.717) is 11.5 Å². The molecule has 2 aromatic carbocycles. The summed E-state index contributed by atoms with van der Waals surface area (Å²) in [7, 11) is 1.54. The minimum atomic E-state index is -0.715. The quantitative estimate of drug-likeness (QED) is 0.747. The van der Waals surface area contributed by atoms with Gasteiger partial charge in [0.2, 0.25) is 0 Å². The minimum Gasteiger partial charge on any atom is -0.497 e. The van der Waals surface area contributed by atoms with Crippen molar-refractivity contribution in [3.8, 4) is 11.5 Å². The molecule has 28 heavy (non-hydrogen) atoms. The summed E-state index contributed by atoms with van der Waals surface area (Å²) in [5.41, 5.74) is 0.754. The van der Waals surface area contributed by atoms with Crippen LogP contribution in [-0.4, -0.2) is 49.7 Å². The van der Waals surface area contributed by atoms with Crippen LogP contribution >= 0.6 is 0 Å². The van der Waals surface area contributed by atoms with Crippen molar-refractivity contribution in [1.82, 2.24) is 10.2 Å². The van der Waals surface area contributed by atoms with Gasteiger partial charge < -0.3 is 19.5 Å². The van der Waals surface area contributed by atoms with Crippen molar-refractivity contribution in [2.24, 2.45) is 0 Å². The smallest absolute Gasteiger partial charge is 0.417 e. The zero-order valence-corrected chi connectivity index (χ0v) is 15.3. The number of ether oxygens (including phenoxy) is 3. The fourth-order valence-corrected chi connectivity index (χ4v) is 2.74. The Morgan fingerprint density at radius 3 is 2.57 bits per heavy atom. The lowest BCUT2D eigenvalue weighted by Gasteiger charge is -2.22. The number of methoxy groups -OCH3 is 1. The van der Waals surface area contributed by atoms with Crippen molar-refractivity contribution >= 4 is 17.9 Å². The number of carbonyl (C=O) groups excluding carboxylic acids is 3. The highest BCUT2D eigenvalue weighted by molar-refractivity contribution is 5.97. The molecule has 0 bridgehead atoms. The highest BCUT2D eigenvalue weighted by Crippen LogP contribution is 2.20. The molecule has 0 saturated carbocycles. The number of carbonyl (C=O) groups is 3. The van der Waals surface area contributed by atoms with Gasteiger partial charge >= 0.3 is 6.09 Å². The van der Waals surface area contributed by atoms with Crippen LogP contribution in [-0.2, 0) is 14.3 Å². The van der Waals surface area contributed by atoms with Gasteiger partial charge in [0.25, 0.3) is 11.8 Å². The molecule has 0 aromatic heterocycles. The molecule has 8 heteroatoms. The summed E-state index contributed by atoms with van der Waals surface area (Å²) >= 11 is 0. The average Bonchev–Trinajstić information content (AvgIpc) is 3.04. The molecule has 3 rings (SSSR count). The molecular formula is C20H20N2O6. The van der Waals surface area contributed by atoms with Crippen molar-refractivity contribution in [3.05, 3.63) is 60.2 Å². The minimum absolute atomic E-state index is 0.0213. The Morgan fingerprint density at radius 2 is 1.89 bits per heavy atom. The number of rotatable bonds is 8. The Kier molecular flexibility index (Phi) is 6.11. The number of imide groups is 1. The summed E-state index contributed by atoms with van der Waals surface area (Å²) in [5.74, 6) is 0.277. The second-order valence-electron chi connectivity index (χ2n) is 6.06. The maximum Gasteiger partial charge on any atom is 0.417 e. The van der Waals surface area contributed by atoms with Gasteiger partial charge in [0.15, 0.2) is 13.2 Å². The first-order chi connectivity index (χ1) is 13.6. The van der Waals surface area contributed by atoms with Crippen LogP contribution < -0.4 is 14.8 Å². The molecule has 8 nitrogen and oxygen atoms in total. The number of nitrogens with zero attached hydrogens (tertiary/aromatic N) is 1. The predicted octanol–water partition coefficient (Wildman–Crippen LogP) is 1.91. The van der Waals surface area contributed by atoms with Crippen molar-refractivity contribution < 1.29 is 28.6 Å². The molecule has 3 amide bonds. The third-order valence-electron chi connectivity index (χ3n) is 4.15. The summed E-state index contributed by atoms with van der Waals surface area (Å²) in [6.45, 7) is -0.533. The van der Waals surface area contributed by atoms with Gasteiger partial charge in [-0.2, -0.15) is 0 Å². The third kappa shape index (κ3) is 4.79. The van der Waals surface area contributed by atoms with Gasteiger partial charge in [-0.1, -0.05) is 36.4 Å². The molecule has 2 aromatic rings. The summed E-state index contributed by atoms with van der Waals surface area (Å²) in [6, 6.07) is 15.4. The standard InChI is InChI=1S/C20H20N2O6/c1-26-15-8-5-9-16(10-15)27-12-18(23)21-17(14-6-3-2-4-7-14)11-22-19(24)13-28-20(22)25/h2-10,17H,11-13H2,1H3,(H,21,23). The van der Waals surface area contributed by atoms with E-state index in [2.05, 4.69) is 5.32 Å². The fraction of sp³-hybridized carbons (Fsp3) is 0.250. The summed E-state index contributed by atoms with van der Waals surface area (Å²) < 4.78 is 15.3. The second-order valence-corrected chi connectivity index (χ2v) is 6.06. The van der Waals surface area contributed by atoms with Crippen LogP contribution in [0.4, 0.5) is 4.79 Å². The van der Waals surface area contributed by atoms with E-state index in [0.717, 1.165) is 10.5 Å². The van der Waals surface area contributed by atoms with Gasteiger partial charge in [-0.3, -0.25) is 9.59 Å². The molecule has 0 spiro atoms. The summed E-state index contributed by atoms with van der Waals surface area (Å²) in [4.78, 5) is 37.0. The lowest BCUT2D eigenvalue weighted by atomic mass is 10.1. The average molecular weight is 384 g/mol. The number of hydrogen-bond acceptors (Lipinski definition) is 6. The van der Waals surface area contributed by atoms with Gasteiger partial charge in [0.05, 0.1) is 19.7 Å². The first-order valence-corrected chi connectivity index (χ1v) is 8.65.